The Morgan fingerprint density at radius 2 is 2.00 bits per heavy atom. The molecule has 1 fully saturated rings. The SMILES string of the molecule is CCC(C)C(=O)N(CCCN)C1CCCCC1. The first-order valence-electron chi connectivity index (χ1n) is 7.21. The Hall–Kier alpha value is -0.570. The van der Waals surface area contributed by atoms with Crippen LogP contribution in [0.1, 0.15) is 58.8 Å². The summed E-state index contributed by atoms with van der Waals surface area (Å²) in [5, 5.41) is 0. The molecule has 0 radical (unpaired) electrons. The van der Waals surface area contributed by atoms with Gasteiger partial charge < -0.3 is 10.6 Å². The smallest absolute Gasteiger partial charge is 0.225 e. The molecule has 100 valence electrons. The van der Waals surface area contributed by atoms with E-state index in [1.54, 1.807) is 0 Å². The van der Waals surface area contributed by atoms with Crippen LogP contribution in [0.25, 0.3) is 0 Å². The van der Waals surface area contributed by atoms with Gasteiger partial charge >= 0.3 is 0 Å². The van der Waals surface area contributed by atoms with Crippen molar-refractivity contribution in [1.82, 2.24) is 4.90 Å². The second-order valence-corrected chi connectivity index (χ2v) is 5.27. The zero-order chi connectivity index (χ0) is 12.7. The second-order valence-electron chi connectivity index (χ2n) is 5.27. The summed E-state index contributed by atoms with van der Waals surface area (Å²) in [4.78, 5) is 14.5. The molecule has 3 nitrogen and oxygen atoms in total. The van der Waals surface area contributed by atoms with Crippen LogP contribution in [0, 0.1) is 5.92 Å². The molecule has 1 saturated carbocycles. The lowest BCUT2D eigenvalue weighted by Crippen LogP contribution is -2.44. The van der Waals surface area contributed by atoms with Gasteiger partial charge in [-0.25, -0.2) is 0 Å². The van der Waals surface area contributed by atoms with Crippen LogP contribution in [-0.2, 0) is 4.79 Å². The normalized spacial score (nSPS) is 19.0. The van der Waals surface area contributed by atoms with E-state index in [0.717, 1.165) is 19.4 Å². The fourth-order valence-electron chi connectivity index (χ4n) is 2.58. The molecule has 3 heteroatoms. The highest BCUT2D eigenvalue weighted by atomic mass is 16.2. The van der Waals surface area contributed by atoms with E-state index in [1.807, 2.05) is 6.92 Å². The Balaban J connectivity index is 2.60. The Bertz CT molecular complexity index is 224. The summed E-state index contributed by atoms with van der Waals surface area (Å²) in [7, 11) is 0. The largest absolute Gasteiger partial charge is 0.339 e. The number of amides is 1. The first kappa shape index (κ1) is 14.5. The lowest BCUT2D eigenvalue weighted by Gasteiger charge is -2.36. The molecule has 1 aliphatic rings. The molecule has 0 aromatic carbocycles. The highest BCUT2D eigenvalue weighted by Crippen LogP contribution is 2.24. The summed E-state index contributed by atoms with van der Waals surface area (Å²) >= 11 is 0. The van der Waals surface area contributed by atoms with Crippen LogP contribution >= 0.6 is 0 Å². The number of carbonyl (C=O) groups excluding carboxylic acids is 1. The Kier molecular flexibility index (Phi) is 6.56. The molecule has 0 spiro atoms. The second kappa shape index (κ2) is 7.70. The van der Waals surface area contributed by atoms with Gasteiger partial charge in [-0.15, -0.1) is 0 Å². The van der Waals surface area contributed by atoms with E-state index in [9.17, 15) is 4.79 Å². The third-order valence-electron chi connectivity index (χ3n) is 3.94. The van der Waals surface area contributed by atoms with Gasteiger partial charge in [0, 0.05) is 18.5 Å². The number of hydrogen-bond donors (Lipinski definition) is 1. The van der Waals surface area contributed by atoms with E-state index in [2.05, 4.69) is 11.8 Å². The number of nitrogens with zero attached hydrogens (tertiary/aromatic N) is 1. The quantitative estimate of drug-likeness (QED) is 0.775. The Labute approximate surface area is 106 Å². The van der Waals surface area contributed by atoms with Crippen molar-refractivity contribution in [1.29, 1.82) is 0 Å². The van der Waals surface area contributed by atoms with E-state index < -0.39 is 0 Å². The molecule has 2 N–H and O–H groups in total. The van der Waals surface area contributed by atoms with Gasteiger partial charge in [-0.1, -0.05) is 33.1 Å². The van der Waals surface area contributed by atoms with Gasteiger partial charge in [0.2, 0.25) is 5.91 Å². The highest BCUT2D eigenvalue weighted by Gasteiger charge is 2.27. The summed E-state index contributed by atoms with van der Waals surface area (Å²) in [5.41, 5.74) is 5.58. The molecule has 1 amide bonds. The van der Waals surface area contributed by atoms with Crippen LogP contribution in [0.5, 0.6) is 0 Å². The van der Waals surface area contributed by atoms with Crippen LogP contribution in [0.2, 0.25) is 0 Å². The van der Waals surface area contributed by atoms with E-state index in [4.69, 9.17) is 5.73 Å². The van der Waals surface area contributed by atoms with Gasteiger partial charge in [0.1, 0.15) is 0 Å². The van der Waals surface area contributed by atoms with Crippen LogP contribution in [-0.4, -0.2) is 29.9 Å². The van der Waals surface area contributed by atoms with Crippen molar-refractivity contribution in [3.63, 3.8) is 0 Å². The molecule has 1 aliphatic carbocycles. The minimum absolute atomic E-state index is 0.162. The zero-order valence-corrected chi connectivity index (χ0v) is 11.5. The summed E-state index contributed by atoms with van der Waals surface area (Å²) in [6.07, 6.45) is 8.12. The van der Waals surface area contributed by atoms with Crippen LogP contribution in [0.15, 0.2) is 0 Å². The monoisotopic (exact) mass is 240 g/mol. The predicted molar refractivity (Wildman–Crippen MR) is 71.7 cm³/mol. The summed E-state index contributed by atoms with van der Waals surface area (Å²) in [6, 6.07) is 0.483. The van der Waals surface area contributed by atoms with Crippen molar-refractivity contribution in [3.8, 4) is 0 Å². The van der Waals surface area contributed by atoms with Crippen molar-refractivity contribution in [3.05, 3.63) is 0 Å². The first-order valence-corrected chi connectivity index (χ1v) is 7.21. The first-order chi connectivity index (χ1) is 8.20. The molecular weight excluding hydrogens is 212 g/mol. The standard InChI is InChI=1S/C14H28N2O/c1-3-12(2)14(17)16(11-7-10-15)13-8-5-4-6-9-13/h12-13H,3-11,15H2,1-2H3. The van der Waals surface area contributed by atoms with Gasteiger partial charge in [0.25, 0.3) is 0 Å². The molecule has 1 rings (SSSR count). The maximum absolute atomic E-state index is 12.4. The van der Waals surface area contributed by atoms with Gasteiger partial charge in [-0.2, -0.15) is 0 Å². The van der Waals surface area contributed by atoms with Gasteiger partial charge in [-0.3, -0.25) is 4.79 Å². The maximum atomic E-state index is 12.4. The molecule has 1 unspecified atom stereocenters. The van der Waals surface area contributed by atoms with Crippen LogP contribution in [0.4, 0.5) is 0 Å². The Morgan fingerprint density at radius 1 is 1.35 bits per heavy atom. The minimum atomic E-state index is 0.162. The Morgan fingerprint density at radius 3 is 2.53 bits per heavy atom. The number of hydrogen-bond acceptors (Lipinski definition) is 2. The van der Waals surface area contributed by atoms with Crippen molar-refractivity contribution >= 4 is 5.91 Å². The molecule has 0 bridgehead atoms. The average molecular weight is 240 g/mol. The summed E-state index contributed by atoms with van der Waals surface area (Å²) < 4.78 is 0. The summed E-state index contributed by atoms with van der Waals surface area (Å²) in [5.74, 6) is 0.502. The number of carbonyl (C=O) groups is 1. The van der Waals surface area contributed by atoms with Crippen LogP contribution < -0.4 is 5.73 Å². The molecule has 0 saturated heterocycles. The molecule has 17 heavy (non-hydrogen) atoms. The zero-order valence-electron chi connectivity index (χ0n) is 11.5. The van der Waals surface area contributed by atoms with E-state index in [0.29, 0.717) is 18.5 Å². The molecule has 0 heterocycles. The molecule has 0 aromatic rings. The van der Waals surface area contributed by atoms with Gasteiger partial charge in [0.05, 0.1) is 0 Å². The maximum Gasteiger partial charge on any atom is 0.225 e. The van der Waals surface area contributed by atoms with Gasteiger partial charge in [-0.05, 0) is 32.2 Å². The fourth-order valence-corrected chi connectivity index (χ4v) is 2.58. The highest BCUT2D eigenvalue weighted by molar-refractivity contribution is 5.78. The van der Waals surface area contributed by atoms with E-state index in [-0.39, 0.29) is 5.92 Å². The van der Waals surface area contributed by atoms with Crippen LogP contribution in [0.3, 0.4) is 0 Å². The third kappa shape index (κ3) is 4.30. The van der Waals surface area contributed by atoms with E-state index in [1.165, 1.54) is 32.1 Å². The summed E-state index contributed by atoms with van der Waals surface area (Å²) in [6.45, 7) is 5.66. The fraction of sp³-hybridized carbons (Fsp3) is 0.929. The lowest BCUT2D eigenvalue weighted by molar-refractivity contribution is -0.138. The minimum Gasteiger partial charge on any atom is -0.339 e. The molecule has 1 atom stereocenters. The molecule has 0 aromatic heterocycles. The van der Waals surface area contributed by atoms with Crippen molar-refractivity contribution in [2.45, 2.75) is 64.8 Å². The number of nitrogens with two attached hydrogens (primary N) is 1. The average Bonchev–Trinajstić information content (AvgIpc) is 2.39. The predicted octanol–water partition coefficient (Wildman–Crippen LogP) is 2.54. The topological polar surface area (TPSA) is 46.3 Å². The van der Waals surface area contributed by atoms with Crippen molar-refractivity contribution < 1.29 is 4.79 Å². The third-order valence-corrected chi connectivity index (χ3v) is 3.94. The van der Waals surface area contributed by atoms with Crippen molar-refractivity contribution in [2.75, 3.05) is 13.1 Å². The molecular formula is C14H28N2O. The van der Waals surface area contributed by atoms with E-state index >= 15 is 0 Å². The molecule has 0 aliphatic heterocycles. The lowest BCUT2D eigenvalue weighted by atomic mass is 9.93. The van der Waals surface area contributed by atoms with Crippen molar-refractivity contribution in [2.24, 2.45) is 11.7 Å². The van der Waals surface area contributed by atoms with Gasteiger partial charge in [0.15, 0.2) is 0 Å². The number of rotatable bonds is 6.